The first-order chi connectivity index (χ1) is 14.9. The van der Waals surface area contributed by atoms with E-state index in [0.29, 0.717) is 36.6 Å². The van der Waals surface area contributed by atoms with Gasteiger partial charge in [-0.3, -0.25) is 4.79 Å². The first-order valence-electron chi connectivity index (χ1n) is 10.5. The Morgan fingerprint density at radius 2 is 1.61 bits per heavy atom. The van der Waals surface area contributed by atoms with Gasteiger partial charge in [-0.05, 0) is 61.7 Å². The molecule has 0 bridgehead atoms. The number of benzene rings is 2. The molecule has 0 aliphatic carbocycles. The van der Waals surface area contributed by atoms with Gasteiger partial charge in [0.1, 0.15) is 18.1 Å². The maximum Gasteiger partial charge on any atom is 0.251 e. The Balaban J connectivity index is 1.49. The van der Waals surface area contributed by atoms with Crippen molar-refractivity contribution >= 4 is 15.9 Å². The molecule has 1 atom stereocenters. The minimum absolute atomic E-state index is 0.0407. The maximum atomic E-state index is 12.6. The highest BCUT2D eigenvalue weighted by molar-refractivity contribution is 7.88. The molecule has 8 heteroatoms. The molecular formula is C23H30N2O5S. The molecule has 168 valence electrons. The number of carbonyl (C=O) groups is 1. The van der Waals surface area contributed by atoms with Gasteiger partial charge < -0.3 is 14.8 Å². The lowest BCUT2D eigenvalue weighted by atomic mass is 10.1. The van der Waals surface area contributed by atoms with Gasteiger partial charge in [0.2, 0.25) is 10.0 Å². The lowest BCUT2D eigenvalue weighted by molar-refractivity contribution is 0.0926. The molecule has 2 aromatic rings. The van der Waals surface area contributed by atoms with Crippen molar-refractivity contribution in [1.82, 2.24) is 9.62 Å². The molecule has 1 aliphatic rings. The fraction of sp³-hybridized carbons (Fsp3) is 0.435. The first kappa shape index (κ1) is 23.1. The van der Waals surface area contributed by atoms with E-state index in [1.54, 1.807) is 35.7 Å². The van der Waals surface area contributed by atoms with Crippen LogP contribution in [0.15, 0.2) is 48.5 Å². The number of hydrogen-bond acceptors (Lipinski definition) is 5. The van der Waals surface area contributed by atoms with Gasteiger partial charge >= 0.3 is 0 Å². The van der Waals surface area contributed by atoms with E-state index in [-0.39, 0.29) is 17.7 Å². The summed E-state index contributed by atoms with van der Waals surface area (Å²) in [5.41, 5.74) is 1.16. The van der Waals surface area contributed by atoms with Crippen LogP contribution in [0, 0.1) is 0 Å². The number of ether oxygens (including phenoxy) is 2. The molecule has 0 aromatic heterocycles. The van der Waals surface area contributed by atoms with Crippen LogP contribution in [0.1, 0.15) is 42.1 Å². The summed E-state index contributed by atoms with van der Waals surface area (Å²) in [4.78, 5) is 12.5. The van der Waals surface area contributed by atoms with Crippen LogP contribution in [-0.4, -0.2) is 51.5 Å². The highest BCUT2D eigenvalue weighted by Crippen LogP contribution is 2.18. The molecule has 1 amide bonds. The second-order valence-corrected chi connectivity index (χ2v) is 9.74. The average Bonchev–Trinajstić information content (AvgIpc) is 2.79. The van der Waals surface area contributed by atoms with E-state index < -0.39 is 10.0 Å². The maximum absolute atomic E-state index is 12.6. The fourth-order valence-electron chi connectivity index (χ4n) is 3.44. The summed E-state index contributed by atoms with van der Waals surface area (Å²) < 4.78 is 37.5. The Morgan fingerprint density at radius 3 is 2.23 bits per heavy atom. The summed E-state index contributed by atoms with van der Waals surface area (Å²) in [6.07, 6.45) is 2.91. The predicted molar refractivity (Wildman–Crippen MR) is 120 cm³/mol. The number of rotatable bonds is 9. The van der Waals surface area contributed by atoms with Crippen molar-refractivity contribution in [2.24, 2.45) is 0 Å². The molecule has 1 unspecified atom stereocenters. The number of piperidine rings is 1. The van der Waals surface area contributed by atoms with Crippen molar-refractivity contribution < 1.29 is 22.7 Å². The number of sulfonamides is 1. The summed E-state index contributed by atoms with van der Waals surface area (Å²) in [7, 11) is -1.71. The third-order valence-corrected chi connectivity index (χ3v) is 7.06. The van der Waals surface area contributed by atoms with Gasteiger partial charge in [0, 0.05) is 18.7 Å². The molecule has 1 saturated heterocycles. The molecule has 0 radical (unpaired) electrons. The second-order valence-electron chi connectivity index (χ2n) is 7.77. The molecule has 1 N–H and O–H groups in total. The number of nitrogens with zero attached hydrogens (tertiary/aromatic N) is 1. The fourth-order valence-corrected chi connectivity index (χ4v) is 5.05. The smallest absolute Gasteiger partial charge is 0.251 e. The summed E-state index contributed by atoms with van der Waals surface area (Å²) in [5.74, 6) is 1.18. The van der Waals surface area contributed by atoms with Crippen LogP contribution >= 0.6 is 0 Å². The number of amides is 1. The molecule has 0 spiro atoms. The van der Waals surface area contributed by atoms with Crippen LogP contribution in [-0.2, 0) is 15.8 Å². The second kappa shape index (κ2) is 10.6. The van der Waals surface area contributed by atoms with E-state index in [9.17, 15) is 13.2 Å². The van der Waals surface area contributed by atoms with Crippen LogP contribution in [0.2, 0.25) is 0 Å². The molecule has 1 fully saturated rings. The van der Waals surface area contributed by atoms with Crippen LogP contribution in [0.4, 0.5) is 0 Å². The largest absolute Gasteiger partial charge is 0.497 e. The molecule has 1 heterocycles. The Bertz CT molecular complexity index is 952. The summed E-state index contributed by atoms with van der Waals surface area (Å²) in [6.45, 7) is 3.38. The van der Waals surface area contributed by atoms with Crippen molar-refractivity contribution in [3.05, 3.63) is 59.7 Å². The zero-order valence-electron chi connectivity index (χ0n) is 18.0. The van der Waals surface area contributed by atoms with Crippen LogP contribution in [0.25, 0.3) is 0 Å². The van der Waals surface area contributed by atoms with Gasteiger partial charge in [0.05, 0.1) is 18.9 Å². The van der Waals surface area contributed by atoms with E-state index in [1.165, 1.54) is 0 Å². The minimum Gasteiger partial charge on any atom is -0.497 e. The number of hydrogen-bond donors (Lipinski definition) is 1. The highest BCUT2D eigenvalue weighted by Gasteiger charge is 2.24. The Hall–Kier alpha value is -2.58. The van der Waals surface area contributed by atoms with E-state index in [2.05, 4.69) is 5.32 Å². The summed E-state index contributed by atoms with van der Waals surface area (Å²) in [5, 5.41) is 2.89. The number of carbonyl (C=O) groups excluding carboxylic acids is 1. The Morgan fingerprint density at radius 1 is 1.00 bits per heavy atom. The standard InChI is InChI=1S/C23H30N2O5S/c1-18(16-30-22-12-10-21(29-2)11-13-22)24-23(26)20-8-6-19(7-9-20)17-31(27,28)25-14-4-3-5-15-25/h6-13,18H,3-5,14-17H2,1-2H3,(H,24,26). The monoisotopic (exact) mass is 446 g/mol. The minimum atomic E-state index is -3.32. The average molecular weight is 447 g/mol. The van der Waals surface area contributed by atoms with Crippen molar-refractivity contribution in [2.45, 2.75) is 38.0 Å². The molecular weight excluding hydrogens is 416 g/mol. The van der Waals surface area contributed by atoms with Crippen molar-refractivity contribution in [1.29, 1.82) is 0 Å². The number of methoxy groups -OCH3 is 1. The van der Waals surface area contributed by atoms with Crippen LogP contribution < -0.4 is 14.8 Å². The van der Waals surface area contributed by atoms with E-state index >= 15 is 0 Å². The van der Waals surface area contributed by atoms with Gasteiger partial charge in [0.25, 0.3) is 5.91 Å². The summed E-state index contributed by atoms with van der Waals surface area (Å²) >= 11 is 0. The first-order valence-corrected chi connectivity index (χ1v) is 12.1. The topological polar surface area (TPSA) is 84.9 Å². The van der Waals surface area contributed by atoms with Gasteiger partial charge in [-0.2, -0.15) is 0 Å². The normalized spacial score (nSPS) is 15.8. The van der Waals surface area contributed by atoms with E-state index in [4.69, 9.17) is 9.47 Å². The zero-order valence-corrected chi connectivity index (χ0v) is 18.9. The van der Waals surface area contributed by atoms with Gasteiger partial charge in [-0.15, -0.1) is 0 Å². The van der Waals surface area contributed by atoms with Crippen LogP contribution in [0.5, 0.6) is 11.5 Å². The molecule has 7 nitrogen and oxygen atoms in total. The summed E-state index contributed by atoms with van der Waals surface area (Å²) in [6, 6.07) is 13.8. The lowest BCUT2D eigenvalue weighted by Gasteiger charge is -2.25. The molecule has 3 rings (SSSR count). The third kappa shape index (κ3) is 6.70. The third-order valence-electron chi connectivity index (χ3n) is 5.21. The zero-order chi connectivity index (χ0) is 22.3. The van der Waals surface area contributed by atoms with Crippen molar-refractivity contribution in [3.8, 4) is 11.5 Å². The molecule has 2 aromatic carbocycles. The lowest BCUT2D eigenvalue weighted by Crippen LogP contribution is -2.37. The highest BCUT2D eigenvalue weighted by atomic mass is 32.2. The van der Waals surface area contributed by atoms with Gasteiger partial charge in [-0.25, -0.2) is 12.7 Å². The molecule has 31 heavy (non-hydrogen) atoms. The van der Waals surface area contributed by atoms with Crippen LogP contribution in [0.3, 0.4) is 0 Å². The Labute approximate surface area is 184 Å². The van der Waals surface area contributed by atoms with Crippen molar-refractivity contribution in [3.63, 3.8) is 0 Å². The molecule has 1 aliphatic heterocycles. The van der Waals surface area contributed by atoms with Gasteiger partial charge in [0.15, 0.2) is 0 Å². The van der Waals surface area contributed by atoms with Gasteiger partial charge in [-0.1, -0.05) is 18.6 Å². The number of nitrogens with one attached hydrogen (secondary N) is 1. The quantitative estimate of drug-likeness (QED) is 0.639. The van der Waals surface area contributed by atoms with Crippen molar-refractivity contribution in [2.75, 3.05) is 26.8 Å². The Kier molecular flexibility index (Phi) is 7.92. The van der Waals surface area contributed by atoms with E-state index in [0.717, 1.165) is 25.0 Å². The SMILES string of the molecule is COc1ccc(OCC(C)NC(=O)c2ccc(CS(=O)(=O)N3CCCCC3)cc2)cc1. The van der Waals surface area contributed by atoms with E-state index in [1.807, 2.05) is 31.2 Å². The predicted octanol–water partition coefficient (Wildman–Crippen LogP) is 3.21. The molecule has 0 saturated carbocycles.